The van der Waals surface area contributed by atoms with Crippen molar-refractivity contribution in [1.29, 1.82) is 0 Å². The molecule has 5 nitrogen and oxygen atoms in total. The van der Waals surface area contributed by atoms with Gasteiger partial charge in [0, 0.05) is 7.05 Å². The minimum absolute atomic E-state index is 0.116. The van der Waals surface area contributed by atoms with Gasteiger partial charge in [0.15, 0.2) is 5.76 Å². The Labute approximate surface area is 137 Å². The van der Waals surface area contributed by atoms with E-state index in [0.29, 0.717) is 10.6 Å². The number of nitrogens with zero attached hydrogens (tertiary/aromatic N) is 1. The first-order chi connectivity index (χ1) is 11.0. The molecular formula is C17H15NO4S. The van der Waals surface area contributed by atoms with Crippen LogP contribution in [-0.4, -0.2) is 35.9 Å². The highest BCUT2D eigenvalue weighted by molar-refractivity contribution is 7.12. The molecule has 1 aliphatic rings. The topological polar surface area (TPSA) is 66.8 Å². The molecule has 2 aromatic rings. The molecular weight excluding hydrogens is 314 g/mol. The molecule has 2 heterocycles. The number of amides is 1. The third-order valence-electron chi connectivity index (χ3n) is 3.86. The van der Waals surface area contributed by atoms with E-state index in [4.69, 9.17) is 4.74 Å². The maximum Gasteiger partial charge on any atom is 0.289 e. The first kappa shape index (κ1) is 15.3. The summed E-state index contributed by atoms with van der Waals surface area (Å²) in [4.78, 5) is 26.7. The quantitative estimate of drug-likeness (QED) is 0.876. The van der Waals surface area contributed by atoms with Crippen molar-refractivity contribution in [2.75, 3.05) is 14.2 Å². The molecule has 6 heteroatoms. The largest absolute Gasteiger partial charge is 0.503 e. The summed E-state index contributed by atoms with van der Waals surface area (Å²) in [6, 6.07) is 9.93. The van der Waals surface area contributed by atoms with E-state index in [1.54, 1.807) is 55.9 Å². The molecule has 3 rings (SSSR count). The smallest absolute Gasteiger partial charge is 0.289 e. The highest BCUT2D eigenvalue weighted by Gasteiger charge is 2.42. The van der Waals surface area contributed by atoms with E-state index in [1.165, 1.54) is 16.2 Å². The third-order valence-corrected chi connectivity index (χ3v) is 4.73. The van der Waals surface area contributed by atoms with Gasteiger partial charge in [-0.1, -0.05) is 18.2 Å². The summed E-state index contributed by atoms with van der Waals surface area (Å²) in [7, 11) is 3.14. The van der Waals surface area contributed by atoms with Gasteiger partial charge in [-0.2, -0.15) is 0 Å². The molecule has 0 aliphatic carbocycles. The highest BCUT2D eigenvalue weighted by atomic mass is 32.1. The van der Waals surface area contributed by atoms with Crippen LogP contribution in [-0.2, 0) is 4.79 Å². The van der Waals surface area contributed by atoms with Crippen LogP contribution in [0.15, 0.2) is 53.1 Å². The SMILES string of the molecule is COc1ccc(C2C(C(=O)c3cccs3)=C(O)C(=O)N2C)cc1. The third kappa shape index (κ3) is 2.51. The van der Waals surface area contributed by atoms with Crippen LogP contribution in [0.5, 0.6) is 5.75 Å². The van der Waals surface area contributed by atoms with E-state index in [1.807, 2.05) is 0 Å². The lowest BCUT2D eigenvalue weighted by atomic mass is 9.95. The summed E-state index contributed by atoms with van der Waals surface area (Å²) in [5.41, 5.74) is 0.857. The number of ketones is 1. The fourth-order valence-corrected chi connectivity index (χ4v) is 3.35. The highest BCUT2D eigenvalue weighted by Crippen LogP contribution is 2.38. The van der Waals surface area contributed by atoms with Gasteiger partial charge in [0.2, 0.25) is 5.78 Å². The average molecular weight is 329 g/mol. The Morgan fingerprint density at radius 1 is 1.26 bits per heavy atom. The summed E-state index contributed by atoms with van der Waals surface area (Å²) >= 11 is 1.28. The average Bonchev–Trinajstić information content (AvgIpc) is 3.18. The number of likely N-dealkylation sites (N-methyl/N-ethyl adjacent to an activating group) is 1. The molecule has 0 bridgehead atoms. The van der Waals surface area contributed by atoms with Crippen molar-refractivity contribution in [3.63, 3.8) is 0 Å². The van der Waals surface area contributed by atoms with E-state index in [0.717, 1.165) is 5.56 Å². The maximum absolute atomic E-state index is 12.7. The molecule has 0 fully saturated rings. The maximum atomic E-state index is 12.7. The summed E-state index contributed by atoms with van der Waals surface area (Å²) in [5.74, 6) is -0.673. The number of benzene rings is 1. The molecule has 1 aromatic carbocycles. The zero-order valence-corrected chi connectivity index (χ0v) is 13.5. The molecule has 1 aliphatic heterocycles. The first-order valence-electron chi connectivity index (χ1n) is 6.97. The van der Waals surface area contributed by atoms with Crippen molar-refractivity contribution < 1.29 is 19.4 Å². The van der Waals surface area contributed by atoms with Crippen LogP contribution < -0.4 is 4.74 Å². The predicted octanol–water partition coefficient (Wildman–Crippen LogP) is 2.96. The minimum Gasteiger partial charge on any atom is -0.503 e. The lowest BCUT2D eigenvalue weighted by Gasteiger charge is -2.22. The summed E-state index contributed by atoms with van der Waals surface area (Å²) in [6.07, 6.45) is 0. The van der Waals surface area contributed by atoms with Gasteiger partial charge in [-0.15, -0.1) is 11.3 Å². The van der Waals surface area contributed by atoms with Crippen molar-refractivity contribution in [2.45, 2.75) is 6.04 Å². The Kier molecular flexibility index (Phi) is 3.92. The van der Waals surface area contributed by atoms with Gasteiger partial charge < -0.3 is 14.7 Å². The van der Waals surface area contributed by atoms with Crippen LogP contribution in [0.25, 0.3) is 0 Å². The zero-order valence-electron chi connectivity index (χ0n) is 12.6. The second-order valence-electron chi connectivity index (χ2n) is 5.16. The Morgan fingerprint density at radius 2 is 1.96 bits per heavy atom. The predicted molar refractivity (Wildman–Crippen MR) is 86.8 cm³/mol. The number of carbonyl (C=O) groups is 2. The van der Waals surface area contributed by atoms with Crippen LogP contribution in [0.1, 0.15) is 21.3 Å². The van der Waals surface area contributed by atoms with Crippen molar-refractivity contribution in [3.05, 3.63) is 63.6 Å². The number of hydrogen-bond acceptors (Lipinski definition) is 5. The molecule has 1 unspecified atom stereocenters. The number of Topliss-reactive ketones (excluding diaryl/α,β-unsaturated/α-hetero) is 1. The van der Waals surface area contributed by atoms with Crippen LogP contribution >= 0.6 is 11.3 Å². The second kappa shape index (κ2) is 5.89. The number of ether oxygens (including phenoxy) is 1. The van der Waals surface area contributed by atoms with Crippen molar-refractivity contribution in [2.24, 2.45) is 0 Å². The molecule has 1 N–H and O–H groups in total. The molecule has 1 aromatic heterocycles. The van der Waals surface area contributed by atoms with Crippen molar-refractivity contribution >= 4 is 23.0 Å². The Bertz CT molecular complexity index is 777. The van der Waals surface area contributed by atoms with Crippen molar-refractivity contribution in [3.8, 4) is 5.75 Å². The number of hydrogen-bond donors (Lipinski definition) is 1. The van der Waals surface area contributed by atoms with Gasteiger partial charge in [0.25, 0.3) is 5.91 Å². The van der Waals surface area contributed by atoms with Gasteiger partial charge in [-0.3, -0.25) is 9.59 Å². The number of thiophene rings is 1. The van der Waals surface area contributed by atoms with Crippen LogP contribution in [0.3, 0.4) is 0 Å². The molecule has 23 heavy (non-hydrogen) atoms. The number of aliphatic hydroxyl groups is 1. The van der Waals surface area contributed by atoms with Crippen molar-refractivity contribution in [1.82, 2.24) is 4.90 Å². The molecule has 0 spiro atoms. The fourth-order valence-electron chi connectivity index (χ4n) is 2.67. The van der Waals surface area contributed by atoms with E-state index in [9.17, 15) is 14.7 Å². The Morgan fingerprint density at radius 3 is 2.52 bits per heavy atom. The van der Waals surface area contributed by atoms with E-state index >= 15 is 0 Å². The lowest BCUT2D eigenvalue weighted by Crippen LogP contribution is -2.26. The molecule has 0 saturated heterocycles. The first-order valence-corrected chi connectivity index (χ1v) is 7.85. The Balaban J connectivity index is 2.06. The zero-order chi connectivity index (χ0) is 16.6. The van der Waals surface area contributed by atoms with Gasteiger partial charge in [-0.05, 0) is 29.1 Å². The summed E-state index contributed by atoms with van der Waals surface area (Å²) < 4.78 is 5.13. The Hall–Kier alpha value is -2.60. The summed E-state index contributed by atoms with van der Waals surface area (Å²) in [6.45, 7) is 0. The van der Waals surface area contributed by atoms with Gasteiger partial charge in [-0.25, -0.2) is 0 Å². The monoisotopic (exact) mass is 329 g/mol. The van der Waals surface area contributed by atoms with Crippen LogP contribution in [0.2, 0.25) is 0 Å². The van der Waals surface area contributed by atoms with E-state index in [2.05, 4.69) is 0 Å². The van der Waals surface area contributed by atoms with Crippen LogP contribution in [0.4, 0.5) is 0 Å². The lowest BCUT2D eigenvalue weighted by molar-refractivity contribution is -0.128. The number of methoxy groups -OCH3 is 1. The van der Waals surface area contributed by atoms with Crippen LogP contribution in [0, 0.1) is 0 Å². The van der Waals surface area contributed by atoms with E-state index < -0.39 is 17.7 Å². The van der Waals surface area contributed by atoms with Gasteiger partial charge in [0.05, 0.1) is 23.6 Å². The number of aliphatic hydroxyl groups excluding tert-OH is 1. The second-order valence-corrected chi connectivity index (χ2v) is 6.11. The summed E-state index contributed by atoms with van der Waals surface area (Å²) in [5, 5.41) is 12.0. The number of rotatable bonds is 4. The minimum atomic E-state index is -0.608. The van der Waals surface area contributed by atoms with Gasteiger partial charge >= 0.3 is 0 Å². The number of carbonyl (C=O) groups excluding carboxylic acids is 2. The molecule has 0 radical (unpaired) electrons. The molecule has 118 valence electrons. The molecule has 1 amide bonds. The normalized spacial score (nSPS) is 17.7. The fraction of sp³-hybridized carbons (Fsp3) is 0.176. The molecule has 1 atom stereocenters. The van der Waals surface area contributed by atoms with E-state index in [-0.39, 0.29) is 11.4 Å². The van der Waals surface area contributed by atoms with Gasteiger partial charge in [0.1, 0.15) is 5.75 Å². The standard InChI is InChI=1S/C17H15NO4S/c1-18-14(10-5-7-11(22-2)8-6-10)13(16(20)17(18)21)15(19)12-4-3-9-23-12/h3-9,14,20H,1-2H3. The molecule has 0 saturated carbocycles.